The highest BCUT2D eigenvalue weighted by atomic mass is 16.5. The van der Waals surface area contributed by atoms with Crippen molar-refractivity contribution in [2.24, 2.45) is 0 Å². The second-order valence-corrected chi connectivity index (χ2v) is 3.51. The first-order valence-corrected chi connectivity index (χ1v) is 5.53. The van der Waals surface area contributed by atoms with Crippen LogP contribution in [-0.4, -0.2) is 12.6 Å². The Morgan fingerprint density at radius 1 is 0.933 bits per heavy atom. The van der Waals surface area contributed by atoms with Gasteiger partial charge in [0.05, 0.1) is 6.61 Å². The van der Waals surface area contributed by atoms with E-state index in [1.54, 1.807) is 0 Å². The topological polar surface area (TPSA) is 26.3 Å². The van der Waals surface area contributed by atoms with Crippen molar-refractivity contribution in [2.75, 3.05) is 6.61 Å². The zero-order valence-electron chi connectivity index (χ0n) is 9.02. The number of allylic oxidation sites excluding steroid dienone is 6. The van der Waals surface area contributed by atoms with E-state index < -0.39 is 0 Å². The van der Waals surface area contributed by atoms with Gasteiger partial charge >= 0.3 is 5.97 Å². The molecule has 1 aliphatic heterocycles. The van der Waals surface area contributed by atoms with Crippen LogP contribution >= 0.6 is 0 Å². The molecule has 0 aromatic rings. The highest BCUT2D eigenvalue weighted by Gasteiger charge is 2.05. The predicted molar refractivity (Wildman–Crippen MR) is 61.5 cm³/mol. The highest BCUT2D eigenvalue weighted by molar-refractivity contribution is 5.69. The zero-order chi connectivity index (χ0) is 10.8. The molecular weight excluding hydrogens is 188 g/mol. The molecule has 0 aromatic carbocycles. The lowest BCUT2D eigenvalue weighted by Crippen LogP contribution is -2.00. The SMILES string of the molecule is C1=CC=CCC=C1.O=C1CCCCCO1. The van der Waals surface area contributed by atoms with Crippen molar-refractivity contribution in [2.45, 2.75) is 32.1 Å². The maximum atomic E-state index is 10.5. The number of hydrogen-bond acceptors (Lipinski definition) is 2. The third kappa shape index (κ3) is 6.72. The molecule has 2 rings (SSSR count). The first-order chi connectivity index (χ1) is 7.39. The van der Waals surface area contributed by atoms with Crippen molar-refractivity contribution in [1.29, 1.82) is 0 Å². The predicted octanol–water partition coefficient (Wildman–Crippen LogP) is 3.16. The summed E-state index contributed by atoms with van der Waals surface area (Å²) in [6.07, 6.45) is 17.3. The van der Waals surface area contributed by atoms with Gasteiger partial charge in [-0.1, -0.05) is 36.5 Å². The van der Waals surface area contributed by atoms with Crippen LogP contribution in [0.3, 0.4) is 0 Å². The van der Waals surface area contributed by atoms with Gasteiger partial charge in [-0.25, -0.2) is 0 Å². The molecule has 0 amide bonds. The first kappa shape index (κ1) is 11.8. The molecule has 0 bridgehead atoms. The van der Waals surface area contributed by atoms with E-state index in [0.717, 1.165) is 25.7 Å². The third-order valence-electron chi connectivity index (χ3n) is 2.17. The van der Waals surface area contributed by atoms with E-state index in [4.69, 9.17) is 4.74 Å². The molecule has 0 saturated carbocycles. The van der Waals surface area contributed by atoms with E-state index >= 15 is 0 Å². The van der Waals surface area contributed by atoms with Gasteiger partial charge in [0.15, 0.2) is 0 Å². The molecule has 1 fully saturated rings. The number of hydrogen-bond donors (Lipinski definition) is 0. The molecule has 15 heavy (non-hydrogen) atoms. The van der Waals surface area contributed by atoms with Crippen LogP contribution in [0.2, 0.25) is 0 Å². The van der Waals surface area contributed by atoms with E-state index in [1.807, 2.05) is 12.2 Å². The number of esters is 1. The standard InChI is InChI=1S/C7H8.C6H10O2/c1-2-4-6-7-5-3-1;7-6-4-2-1-3-5-8-6/h1-6H,7H2;1-5H2. The molecule has 1 aliphatic carbocycles. The minimum atomic E-state index is -0.0255. The quantitative estimate of drug-likeness (QED) is 0.569. The summed E-state index contributed by atoms with van der Waals surface area (Å²) in [5, 5.41) is 0. The number of carbonyl (C=O) groups is 1. The van der Waals surface area contributed by atoms with E-state index in [9.17, 15) is 4.79 Å². The number of cyclic esters (lactones) is 1. The lowest BCUT2D eigenvalue weighted by atomic mass is 10.2. The van der Waals surface area contributed by atoms with Crippen LogP contribution in [0.5, 0.6) is 0 Å². The van der Waals surface area contributed by atoms with Crippen molar-refractivity contribution in [3.05, 3.63) is 36.5 Å². The number of rotatable bonds is 0. The largest absolute Gasteiger partial charge is 0.466 e. The number of ether oxygens (including phenoxy) is 1. The van der Waals surface area contributed by atoms with E-state index in [0.29, 0.717) is 13.0 Å². The molecule has 0 aromatic heterocycles. The Hall–Kier alpha value is -1.31. The molecule has 0 spiro atoms. The molecule has 0 N–H and O–H groups in total. The van der Waals surface area contributed by atoms with Crippen molar-refractivity contribution in [3.8, 4) is 0 Å². The number of carbonyl (C=O) groups excluding carboxylic acids is 1. The Morgan fingerprint density at radius 3 is 2.40 bits per heavy atom. The van der Waals surface area contributed by atoms with Crippen LogP contribution in [0, 0.1) is 0 Å². The van der Waals surface area contributed by atoms with Crippen LogP contribution < -0.4 is 0 Å². The summed E-state index contributed by atoms with van der Waals surface area (Å²) in [4.78, 5) is 10.5. The average Bonchev–Trinajstić information content (AvgIpc) is 2.64. The molecule has 0 radical (unpaired) electrons. The van der Waals surface area contributed by atoms with Crippen molar-refractivity contribution in [3.63, 3.8) is 0 Å². The lowest BCUT2D eigenvalue weighted by molar-refractivity contribution is -0.142. The Bertz CT molecular complexity index is 238. The Morgan fingerprint density at radius 2 is 1.67 bits per heavy atom. The van der Waals surface area contributed by atoms with Gasteiger partial charge in [-0.3, -0.25) is 4.79 Å². The fraction of sp³-hybridized carbons (Fsp3) is 0.462. The molecule has 1 heterocycles. The van der Waals surface area contributed by atoms with Crippen molar-refractivity contribution < 1.29 is 9.53 Å². The molecule has 0 atom stereocenters. The van der Waals surface area contributed by atoms with Gasteiger partial charge in [-0.05, 0) is 25.7 Å². The Labute approximate surface area is 91.3 Å². The fourth-order valence-electron chi connectivity index (χ4n) is 1.33. The van der Waals surface area contributed by atoms with Crippen LogP contribution in [-0.2, 0) is 9.53 Å². The van der Waals surface area contributed by atoms with Crippen molar-refractivity contribution >= 4 is 5.97 Å². The Balaban J connectivity index is 0.000000151. The van der Waals surface area contributed by atoms with E-state index in [1.165, 1.54) is 0 Å². The molecule has 0 unspecified atom stereocenters. The van der Waals surface area contributed by atoms with Gasteiger partial charge < -0.3 is 4.74 Å². The Kier molecular flexibility index (Phi) is 6.30. The molecule has 2 nitrogen and oxygen atoms in total. The van der Waals surface area contributed by atoms with Gasteiger partial charge in [0.2, 0.25) is 0 Å². The smallest absolute Gasteiger partial charge is 0.305 e. The van der Waals surface area contributed by atoms with Gasteiger partial charge in [0, 0.05) is 6.42 Å². The van der Waals surface area contributed by atoms with Crippen LogP contribution in [0.15, 0.2) is 36.5 Å². The summed E-state index contributed by atoms with van der Waals surface area (Å²) in [5.74, 6) is -0.0255. The fourth-order valence-corrected chi connectivity index (χ4v) is 1.33. The summed E-state index contributed by atoms with van der Waals surface area (Å²) in [6.45, 7) is 0.638. The van der Waals surface area contributed by atoms with Gasteiger partial charge in [0.1, 0.15) is 0 Å². The first-order valence-electron chi connectivity index (χ1n) is 5.53. The molecule has 2 aliphatic rings. The monoisotopic (exact) mass is 206 g/mol. The molecule has 1 saturated heterocycles. The normalized spacial score (nSPS) is 19.6. The van der Waals surface area contributed by atoms with E-state index in [-0.39, 0.29) is 5.97 Å². The van der Waals surface area contributed by atoms with Crippen LogP contribution in [0.25, 0.3) is 0 Å². The van der Waals surface area contributed by atoms with Crippen LogP contribution in [0.1, 0.15) is 32.1 Å². The second kappa shape index (κ2) is 8.04. The summed E-state index contributed by atoms with van der Waals surface area (Å²) in [5.41, 5.74) is 0. The van der Waals surface area contributed by atoms with Gasteiger partial charge in [0.25, 0.3) is 0 Å². The summed E-state index contributed by atoms with van der Waals surface area (Å²) >= 11 is 0. The van der Waals surface area contributed by atoms with Gasteiger partial charge in [-0.2, -0.15) is 0 Å². The average molecular weight is 206 g/mol. The second-order valence-electron chi connectivity index (χ2n) is 3.51. The lowest BCUT2D eigenvalue weighted by Gasteiger charge is -1.93. The highest BCUT2D eigenvalue weighted by Crippen LogP contribution is 2.06. The van der Waals surface area contributed by atoms with Gasteiger partial charge in [-0.15, -0.1) is 0 Å². The zero-order valence-corrected chi connectivity index (χ0v) is 9.02. The maximum Gasteiger partial charge on any atom is 0.305 e. The molecular formula is C13H18O2. The minimum Gasteiger partial charge on any atom is -0.466 e. The van der Waals surface area contributed by atoms with E-state index in [2.05, 4.69) is 24.3 Å². The molecule has 82 valence electrons. The summed E-state index contributed by atoms with van der Waals surface area (Å²) in [7, 11) is 0. The van der Waals surface area contributed by atoms with Crippen molar-refractivity contribution in [1.82, 2.24) is 0 Å². The molecule has 2 heteroatoms. The summed E-state index contributed by atoms with van der Waals surface area (Å²) < 4.78 is 4.76. The van der Waals surface area contributed by atoms with Crippen LogP contribution in [0.4, 0.5) is 0 Å². The minimum absolute atomic E-state index is 0.0255. The maximum absolute atomic E-state index is 10.5. The third-order valence-corrected chi connectivity index (χ3v) is 2.17. The summed E-state index contributed by atoms with van der Waals surface area (Å²) in [6, 6.07) is 0.